The van der Waals surface area contributed by atoms with E-state index >= 15 is 0 Å². The molecule has 0 N–H and O–H groups in total. The predicted octanol–water partition coefficient (Wildman–Crippen LogP) is 7.81. The minimum absolute atomic E-state index is 0.187. The SMILES string of the molecule is Fc1ccc(-c2ccc(C3=Cc4ccc5c(c4CC3)CCc3ccccc3-5)s2)cc1. The number of halogens is 1. The summed E-state index contributed by atoms with van der Waals surface area (Å²) >= 11 is 1.80. The summed E-state index contributed by atoms with van der Waals surface area (Å²) in [5.74, 6) is -0.187. The Bertz CT molecular complexity index is 1290. The standard InChI is InChI=1S/C28H21FS/c29-22-10-5-19(6-11-22)27-15-16-28(30-27)21-9-12-24-20(17-21)8-14-25-23-4-2-1-3-18(23)7-13-26(24)25/h1-6,8,10-11,14-17H,7,9,12-13H2. The molecule has 0 fully saturated rings. The number of fused-ring (bicyclic) bond motifs is 5. The zero-order valence-electron chi connectivity index (χ0n) is 16.6. The van der Waals surface area contributed by atoms with E-state index < -0.39 is 0 Å². The van der Waals surface area contributed by atoms with E-state index in [1.54, 1.807) is 22.5 Å². The molecule has 146 valence electrons. The lowest BCUT2D eigenvalue weighted by Crippen LogP contribution is -2.10. The minimum Gasteiger partial charge on any atom is -0.207 e. The molecule has 3 aromatic carbocycles. The smallest absolute Gasteiger partial charge is 0.123 e. The van der Waals surface area contributed by atoms with Gasteiger partial charge in [0.15, 0.2) is 0 Å². The first-order valence-corrected chi connectivity index (χ1v) is 11.4. The fourth-order valence-electron chi connectivity index (χ4n) is 4.93. The summed E-state index contributed by atoms with van der Waals surface area (Å²) in [6.07, 6.45) is 6.86. The topological polar surface area (TPSA) is 0 Å². The van der Waals surface area contributed by atoms with Crippen molar-refractivity contribution in [2.24, 2.45) is 0 Å². The fourth-order valence-corrected chi connectivity index (χ4v) is 5.99. The molecule has 2 heteroatoms. The lowest BCUT2D eigenvalue weighted by atomic mass is 9.78. The number of rotatable bonds is 2. The number of hydrogen-bond acceptors (Lipinski definition) is 1. The average molecular weight is 409 g/mol. The first kappa shape index (κ1) is 17.9. The van der Waals surface area contributed by atoms with Gasteiger partial charge < -0.3 is 0 Å². The number of thiophene rings is 1. The van der Waals surface area contributed by atoms with Crippen LogP contribution in [0.25, 0.3) is 33.2 Å². The molecule has 0 atom stereocenters. The highest BCUT2D eigenvalue weighted by Gasteiger charge is 2.22. The van der Waals surface area contributed by atoms with E-state index in [9.17, 15) is 4.39 Å². The number of allylic oxidation sites excluding steroid dienone is 1. The Kier molecular flexibility index (Phi) is 4.21. The second-order valence-electron chi connectivity index (χ2n) is 8.16. The molecule has 0 unspecified atom stereocenters. The minimum atomic E-state index is -0.187. The van der Waals surface area contributed by atoms with Gasteiger partial charge in [-0.05, 0) is 94.5 Å². The van der Waals surface area contributed by atoms with Crippen LogP contribution in [0.5, 0.6) is 0 Å². The molecule has 30 heavy (non-hydrogen) atoms. The summed E-state index contributed by atoms with van der Waals surface area (Å²) in [6.45, 7) is 0. The van der Waals surface area contributed by atoms with Crippen LogP contribution in [0.15, 0.2) is 72.8 Å². The lowest BCUT2D eigenvalue weighted by Gasteiger charge is -2.26. The zero-order chi connectivity index (χ0) is 20.1. The molecule has 0 saturated carbocycles. The Morgan fingerprint density at radius 3 is 2.33 bits per heavy atom. The predicted molar refractivity (Wildman–Crippen MR) is 125 cm³/mol. The molecule has 0 radical (unpaired) electrons. The van der Waals surface area contributed by atoms with E-state index in [1.807, 2.05) is 12.1 Å². The molecule has 0 spiro atoms. The van der Waals surface area contributed by atoms with Crippen molar-refractivity contribution in [1.29, 1.82) is 0 Å². The van der Waals surface area contributed by atoms with Crippen LogP contribution in [0.4, 0.5) is 4.39 Å². The molecule has 0 bridgehead atoms. The molecule has 1 heterocycles. The van der Waals surface area contributed by atoms with Crippen LogP contribution < -0.4 is 0 Å². The summed E-state index contributed by atoms with van der Waals surface area (Å²) < 4.78 is 13.2. The highest BCUT2D eigenvalue weighted by Crippen LogP contribution is 2.42. The van der Waals surface area contributed by atoms with Crippen LogP contribution in [0.1, 0.15) is 33.6 Å². The van der Waals surface area contributed by atoms with Crippen molar-refractivity contribution in [2.75, 3.05) is 0 Å². The van der Waals surface area contributed by atoms with Crippen molar-refractivity contribution in [3.63, 3.8) is 0 Å². The highest BCUT2D eigenvalue weighted by atomic mass is 32.1. The van der Waals surface area contributed by atoms with Gasteiger partial charge in [0.05, 0.1) is 0 Å². The third-order valence-electron chi connectivity index (χ3n) is 6.44. The number of benzene rings is 3. The lowest BCUT2D eigenvalue weighted by molar-refractivity contribution is 0.628. The highest BCUT2D eigenvalue weighted by molar-refractivity contribution is 7.16. The van der Waals surface area contributed by atoms with Crippen molar-refractivity contribution in [3.8, 4) is 21.6 Å². The molecule has 2 aliphatic carbocycles. The van der Waals surface area contributed by atoms with Gasteiger partial charge in [0.25, 0.3) is 0 Å². The largest absolute Gasteiger partial charge is 0.207 e. The molecule has 0 nitrogen and oxygen atoms in total. The van der Waals surface area contributed by atoms with Gasteiger partial charge in [0.1, 0.15) is 5.82 Å². The fraction of sp³-hybridized carbons (Fsp3) is 0.143. The number of aryl methyl sites for hydroxylation is 1. The van der Waals surface area contributed by atoms with Gasteiger partial charge in [0.2, 0.25) is 0 Å². The Morgan fingerprint density at radius 2 is 1.43 bits per heavy atom. The van der Waals surface area contributed by atoms with Crippen molar-refractivity contribution in [3.05, 3.63) is 106 Å². The summed E-state index contributed by atoms with van der Waals surface area (Å²) in [7, 11) is 0. The van der Waals surface area contributed by atoms with Crippen LogP contribution in [-0.4, -0.2) is 0 Å². The Hall–Kier alpha value is -2.97. The van der Waals surface area contributed by atoms with Gasteiger partial charge in [-0.15, -0.1) is 11.3 Å². The third kappa shape index (κ3) is 2.95. The molecular formula is C28H21FS. The first-order valence-electron chi connectivity index (χ1n) is 10.6. The van der Waals surface area contributed by atoms with Gasteiger partial charge in [-0.1, -0.05) is 54.6 Å². The summed E-state index contributed by atoms with van der Waals surface area (Å²) in [6, 6.07) is 24.6. The maximum Gasteiger partial charge on any atom is 0.123 e. The van der Waals surface area contributed by atoms with Gasteiger partial charge in [0, 0.05) is 9.75 Å². The molecule has 4 aromatic rings. The Morgan fingerprint density at radius 1 is 0.633 bits per heavy atom. The second-order valence-corrected chi connectivity index (χ2v) is 9.24. The molecular weight excluding hydrogens is 387 g/mol. The van der Waals surface area contributed by atoms with E-state index in [1.165, 1.54) is 49.7 Å². The number of hydrogen-bond donors (Lipinski definition) is 0. The van der Waals surface area contributed by atoms with Crippen LogP contribution in [0.2, 0.25) is 0 Å². The van der Waals surface area contributed by atoms with Crippen LogP contribution in [0, 0.1) is 5.82 Å². The van der Waals surface area contributed by atoms with Crippen LogP contribution in [-0.2, 0) is 19.3 Å². The van der Waals surface area contributed by atoms with Crippen molar-refractivity contribution < 1.29 is 4.39 Å². The monoisotopic (exact) mass is 408 g/mol. The normalized spacial score (nSPS) is 14.5. The van der Waals surface area contributed by atoms with E-state index in [0.29, 0.717) is 0 Å². The first-order chi connectivity index (χ1) is 14.8. The molecule has 0 saturated heterocycles. The molecule has 6 rings (SSSR count). The van der Waals surface area contributed by atoms with E-state index in [4.69, 9.17) is 0 Å². The van der Waals surface area contributed by atoms with E-state index in [2.05, 4.69) is 54.6 Å². The molecule has 2 aliphatic rings. The van der Waals surface area contributed by atoms with Crippen LogP contribution in [0.3, 0.4) is 0 Å². The van der Waals surface area contributed by atoms with Crippen molar-refractivity contribution in [2.45, 2.75) is 25.7 Å². The molecule has 1 aromatic heterocycles. The van der Waals surface area contributed by atoms with Gasteiger partial charge >= 0.3 is 0 Å². The van der Waals surface area contributed by atoms with Crippen molar-refractivity contribution in [1.82, 2.24) is 0 Å². The molecule has 0 aliphatic heterocycles. The molecule has 0 amide bonds. The summed E-state index contributed by atoms with van der Waals surface area (Å²) in [4.78, 5) is 2.52. The maximum atomic E-state index is 13.2. The van der Waals surface area contributed by atoms with E-state index in [0.717, 1.165) is 31.2 Å². The maximum absolute atomic E-state index is 13.2. The Labute approximate surface area is 180 Å². The van der Waals surface area contributed by atoms with Gasteiger partial charge in [-0.25, -0.2) is 4.39 Å². The van der Waals surface area contributed by atoms with Crippen LogP contribution >= 0.6 is 11.3 Å². The van der Waals surface area contributed by atoms with E-state index in [-0.39, 0.29) is 5.82 Å². The zero-order valence-corrected chi connectivity index (χ0v) is 17.4. The van der Waals surface area contributed by atoms with Gasteiger partial charge in [-0.2, -0.15) is 0 Å². The summed E-state index contributed by atoms with van der Waals surface area (Å²) in [5.41, 5.74) is 11.3. The quantitative estimate of drug-likeness (QED) is 0.317. The Balaban J connectivity index is 1.36. The summed E-state index contributed by atoms with van der Waals surface area (Å²) in [5, 5.41) is 0. The second kappa shape index (κ2) is 7.07. The van der Waals surface area contributed by atoms with Crippen molar-refractivity contribution >= 4 is 23.0 Å². The van der Waals surface area contributed by atoms with Gasteiger partial charge in [-0.3, -0.25) is 0 Å². The average Bonchev–Trinajstić information content (AvgIpc) is 3.29. The third-order valence-corrected chi connectivity index (χ3v) is 7.65.